The van der Waals surface area contributed by atoms with Gasteiger partial charge in [-0.3, -0.25) is 4.90 Å². The number of rotatable bonds is 4. The third kappa shape index (κ3) is 4.09. The molecular formula is C20H23FN4. The van der Waals surface area contributed by atoms with E-state index in [1.807, 2.05) is 14.1 Å². The highest BCUT2D eigenvalue weighted by molar-refractivity contribution is 5.56. The van der Waals surface area contributed by atoms with Crippen LogP contribution in [0.25, 0.3) is 0 Å². The van der Waals surface area contributed by atoms with Crippen molar-refractivity contribution >= 4 is 11.4 Å². The van der Waals surface area contributed by atoms with Crippen molar-refractivity contribution in [2.24, 2.45) is 0 Å². The van der Waals surface area contributed by atoms with Gasteiger partial charge >= 0.3 is 0 Å². The fourth-order valence-corrected chi connectivity index (χ4v) is 3.17. The fraction of sp³-hybridized carbons (Fsp3) is 0.350. The van der Waals surface area contributed by atoms with Gasteiger partial charge in [0.2, 0.25) is 0 Å². The Hall–Kier alpha value is -2.58. The Bertz CT molecular complexity index is 756. The van der Waals surface area contributed by atoms with E-state index in [0.717, 1.165) is 31.7 Å². The van der Waals surface area contributed by atoms with Gasteiger partial charge in [0.15, 0.2) is 0 Å². The van der Waals surface area contributed by atoms with E-state index in [1.54, 1.807) is 6.07 Å². The molecule has 1 aliphatic rings. The highest BCUT2D eigenvalue weighted by Crippen LogP contribution is 2.21. The molecule has 0 aromatic heterocycles. The van der Waals surface area contributed by atoms with Gasteiger partial charge in [-0.05, 0) is 48.0 Å². The van der Waals surface area contributed by atoms with Crippen LogP contribution in [0.4, 0.5) is 15.8 Å². The molecule has 3 rings (SSSR count). The molecule has 1 heterocycles. The Kier molecular flexibility index (Phi) is 5.20. The van der Waals surface area contributed by atoms with Crippen molar-refractivity contribution in [2.75, 3.05) is 50.1 Å². The number of hydrogen-bond acceptors (Lipinski definition) is 4. The van der Waals surface area contributed by atoms with Gasteiger partial charge in [-0.2, -0.15) is 5.26 Å². The number of piperazine rings is 1. The molecule has 0 bridgehead atoms. The van der Waals surface area contributed by atoms with Crippen LogP contribution in [-0.4, -0.2) is 45.2 Å². The molecule has 1 fully saturated rings. The normalized spacial score (nSPS) is 15.0. The maximum Gasteiger partial charge on any atom is 0.123 e. The molecule has 1 aliphatic heterocycles. The van der Waals surface area contributed by atoms with Crippen molar-refractivity contribution in [3.05, 3.63) is 59.4 Å². The lowest BCUT2D eigenvalue weighted by Gasteiger charge is -2.36. The van der Waals surface area contributed by atoms with Crippen LogP contribution in [0.3, 0.4) is 0 Å². The average Bonchev–Trinajstić information content (AvgIpc) is 2.63. The van der Waals surface area contributed by atoms with Gasteiger partial charge in [-0.15, -0.1) is 0 Å². The van der Waals surface area contributed by atoms with E-state index in [2.05, 4.69) is 45.0 Å². The summed E-state index contributed by atoms with van der Waals surface area (Å²) in [6.45, 7) is 4.28. The minimum absolute atomic E-state index is 0.284. The van der Waals surface area contributed by atoms with E-state index >= 15 is 0 Å². The van der Waals surface area contributed by atoms with E-state index in [9.17, 15) is 9.65 Å². The molecule has 0 unspecified atom stereocenters. The zero-order chi connectivity index (χ0) is 17.8. The summed E-state index contributed by atoms with van der Waals surface area (Å²) in [6, 6.07) is 15.1. The quantitative estimate of drug-likeness (QED) is 0.858. The lowest BCUT2D eigenvalue weighted by molar-refractivity contribution is 0.249. The van der Waals surface area contributed by atoms with E-state index < -0.39 is 0 Å². The van der Waals surface area contributed by atoms with Gasteiger partial charge in [0, 0.05) is 58.2 Å². The SMILES string of the molecule is CN(C)c1ccc(N2CCN(Cc3cc(F)ccc3C#N)CC2)cc1. The van der Waals surface area contributed by atoms with Gasteiger partial charge in [0.05, 0.1) is 11.6 Å². The molecule has 0 N–H and O–H groups in total. The molecule has 2 aromatic carbocycles. The van der Waals surface area contributed by atoms with Crippen LogP contribution < -0.4 is 9.80 Å². The Morgan fingerprint density at radius 2 is 1.72 bits per heavy atom. The lowest BCUT2D eigenvalue weighted by atomic mass is 10.1. The monoisotopic (exact) mass is 338 g/mol. The second-order valence-electron chi connectivity index (χ2n) is 6.59. The van der Waals surface area contributed by atoms with Gasteiger partial charge in [0.25, 0.3) is 0 Å². The summed E-state index contributed by atoms with van der Waals surface area (Å²) in [4.78, 5) is 6.74. The first-order valence-corrected chi connectivity index (χ1v) is 8.50. The van der Waals surface area contributed by atoms with Crippen LogP contribution in [0.2, 0.25) is 0 Å². The Morgan fingerprint density at radius 1 is 1.04 bits per heavy atom. The average molecular weight is 338 g/mol. The smallest absolute Gasteiger partial charge is 0.123 e. The first-order valence-electron chi connectivity index (χ1n) is 8.50. The summed E-state index contributed by atoms with van der Waals surface area (Å²) in [6.07, 6.45) is 0. The second kappa shape index (κ2) is 7.54. The highest BCUT2D eigenvalue weighted by Gasteiger charge is 2.18. The fourth-order valence-electron chi connectivity index (χ4n) is 3.17. The molecule has 0 atom stereocenters. The number of anilines is 2. The topological polar surface area (TPSA) is 33.5 Å². The van der Waals surface area contributed by atoms with E-state index in [1.165, 1.54) is 23.5 Å². The zero-order valence-corrected chi connectivity index (χ0v) is 14.7. The zero-order valence-electron chi connectivity index (χ0n) is 14.7. The summed E-state index contributed by atoms with van der Waals surface area (Å²) in [7, 11) is 4.07. The summed E-state index contributed by atoms with van der Waals surface area (Å²) in [5.41, 5.74) is 3.75. The van der Waals surface area contributed by atoms with Crippen LogP contribution in [0.1, 0.15) is 11.1 Å². The highest BCUT2D eigenvalue weighted by atomic mass is 19.1. The molecule has 0 aliphatic carbocycles. The Balaban J connectivity index is 1.61. The number of nitrogens with zero attached hydrogens (tertiary/aromatic N) is 4. The Morgan fingerprint density at radius 3 is 2.32 bits per heavy atom. The van der Waals surface area contributed by atoms with Gasteiger partial charge in [-0.25, -0.2) is 4.39 Å². The summed E-state index contributed by atoms with van der Waals surface area (Å²) < 4.78 is 13.5. The number of halogens is 1. The minimum Gasteiger partial charge on any atom is -0.378 e. The first kappa shape index (κ1) is 17.2. The molecule has 0 amide bonds. The van der Waals surface area contributed by atoms with E-state index in [4.69, 9.17) is 0 Å². The standard InChI is InChI=1S/C20H23FN4/c1-23(2)19-5-7-20(8-6-19)25-11-9-24(10-12-25)15-17-13-18(21)4-3-16(17)14-22/h3-8,13H,9-12,15H2,1-2H3. The number of benzene rings is 2. The van der Waals surface area contributed by atoms with Gasteiger partial charge in [0.1, 0.15) is 5.82 Å². The van der Waals surface area contributed by atoms with Crippen LogP contribution >= 0.6 is 0 Å². The maximum atomic E-state index is 13.5. The van der Waals surface area contributed by atoms with Gasteiger partial charge in [-0.1, -0.05) is 0 Å². The number of hydrogen-bond donors (Lipinski definition) is 0. The third-order valence-corrected chi connectivity index (χ3v) is 4.69. The summed E-state index contributed by atoms with van der Waals surface area (Å²) >= 11 is 0. The van der Waals surface area contributed by atoms with E-state index in [-0.39, 0.29) is 5.82 Å². The van der Waals surface area contributed by atoms with E-state index in [0.29, 0.717) is 12.1 Å². The molecule has 0 radical (unpaired) electrons. The lowest BCUT2D eigenvalue weighted by Crippen LogP contribution is -2.46. The second-order valence-corrected chi connectivity index (χ2v) is 6.59. The molecule has 5 heteroatoms. The van der Waals surface area contributed by atoms with Crippen molar-refractivity contribution in [1.29, 1.82) is 5.26 Å². The molecule has 130 valence electrons. The summed E-state index contributed by atoms with van der Waals surface area (Å²) in [5.74, 6) is -0.284. The molecule has 0 saturated carbocycles. The molecule has 4 nitrogen and oxygen atoms in total. The van der Waals surface area contributed by atoms with Crippen molar-refractivity contribution in [3.8, 4) is 6.07 Å². The minimum atomic E-state index is -0.284. The predicted octanol–water partition coefficient (Wildman–Crippen LogP) is 3.09. The van der Waals surface area contributed by atoms with Crippen LogP contribution in [0.15, 0.2) is 42.5 Å². The first-order chi connectivity index (χ1) is 12.1. The molecular weight excluding hydrogens is 315 g/mol. The summed E-state index contributed by atoms with van der Waals surface area (Å²) in [5, 5.41) is 9.19. The van der Waals surface area contributed by atoms with Crippen LogP contribution in [0.5, 0.6) is 0 Å². The van der Waals surface area contributed by atoms with Crippen molar-refractivity contribution < 1.29 is 4.39 Å². The largest absolute Gasteiger partial charge is 0.378 e. The molecule has 1 saturated heterocycles. The molecule has 0 spiro atoms. The van der Waals surface area contributed by atoms with Crippen molar-refractivity contribution in [3.63, 3.8) is 0 Å². The van der Waals surface area contributed by atoms with Crippen LogP contribution in [-0.2, 0) is 6.54 Å². The molecule has 2 aromatic rings. The van der Waals surface area contributed by atoms with Crippen molar-refractivity contribution in [1.82, 2.24) is 4.90 Å². The van der Waals surface area contributed by atoms with Gasteiger partial charge < -0.3 is 9.80 Å². The number of nitriles is 1. The molecule has 25 heavy (non-hydrogen) atoms. The van der Waals surface area contributed by atoms with Crippen LogP contribution in [0, 0.1) is 17.1 Å². The predicted molar refractivity (Wildman–Crippen MR) is 99.4 cm³/mol. The Labute approximate surface area is 148 Å². The third-order valence-electron chi connectivity index (χ3n) is 4.69. The van der Waals surface area contributed by atoms with Crippen molar-refractivity contribution in [2.45, 2.75) is 6.54 Å². The maximum absolute atomic E-state index is 13.5.